The minimum atomic E-state index is 0.266. The average molecular weight is 281 g/mol. The molecule has 21 heavy (non-hydrogen) atoms. The summed E-state index contributed by atoms with van der Waals surface area (Å²) < 4.78 is 0. The molecule has 0 radical (unpaired) electrons. The van der Waals surface area contributed by atoms with E-state index in [1.54, 1.807) is 0 Å². The fourth-order valence-corrected chi connectivity index (χ4v) is 3.73. The van der Waals surface area contributed by atoms with Gasteiger partial charge in [0.15, 0.2) is 0 Å². The Bertz CT molecular complexity index is 659. The lowest BCUT2D eigenvalue weighted by Gasteiger charge is -2.47. The molecular formula is C18H23N3. The number of nitrogens with zero attached hydrogens (tertiary/aromatic N) is 2. The third-order valence-electron chi connectivity index (χ3n) is 5.28. The lowest BCUT2D eigenvalue weighted by atomic mass is 9.90. The van der Waals surface area contributed by atoms with Crippen molar-refractivity contribution in [1.29, 1.82) is 0 Å². The number of nitrogens with one attached hydrogen (secondary N) is 1. The van der Waals surface area contributed by atoms with Crippen LogP contribution in [0.15, 0.2) is 36.7 Å². The Balaban J connectivity index is 1.75. The molecule has 1 aromatic carbocycles. The van der Waals surface area contributed by atoms with Gasteiger partial charge in [-0.3, -0.25) is 4.98 Å². The van der Waals surface area contributed by atoms with Crippen LogP contribution in [0.1, 0.15) is 26.7 Å². The van der Waals surface area contributed by atoms with E-state index in [2.05, 4.69) is 53.3 Å². The monoisotopic (exact) mass is 281 g/mol. The van der Waals surface area contributed by atoms with Gasteiger partial charge in [-0.05, 0) is 44.7 Å². The lowest BCUT2D eigenvalue weighted by molar-refractivity contribution is 0.261. The van der Waals surface area contributed by atoms with E-state index in [4.69, 9.17) is 0 Å². The number of pyridine rings is 1. The van der Waals surface area contributed by atoms with E-state index in [9.17, 15) is 0 Å². The van der Waals surface area contributed by atoms with Crippen molar-refractivity contribution in [3.8, 4) is 0 Å². The first kappa shape index (κ1) is 13.1. The van der Waals surface area contributed by atoms with Gasteiger partial charge in [0.2, 0.25) is 0 Å². The molecule has 0 amide bonds. The predicted octanol–water partition coefficient (Wildman–Crippen LogP) is 3.20. The number of hydrogen-bond donors (Lipinski definition) is 1. The highest BCUT2D eigenvalue weighted by molar-refractivity contribution is 5.93. The summed E-state index contributed by atoms with van der Waals surface area (Å²) in [7, 11) is 0. The Labute approximate surface area is 126 Å². The summed E-state index contributed by atoms with van der Waals surface area (Å²) in [6, 6.07) is 9.24. The van der Waals surface area contributed by atoms with E-state index in [0.29, 0.717) is 6.04 Å². The molecule has 2 atom stereocenters. The van der Waals surface area contributed by atoms with E-state index in [0.717, 1.165) is 19.0 Å². The van der Waals surface area contributed by atoms with Crippen molar-refractivity contribution < 1.29 is 0 Å². The van der Waals surface area contributed by atoms with Gasteiger partial charge in [0.1, 0.15) is 0 Å². The Hall–Kier alpha value is -1.61. The molecule has 0 spiro atoms. The minimum Gasteiger partial charge on any atom is -0.365 e. The SMILES string of the molecule is CC1CNC(C)(C2CC2)CN1c1cccc2cnccc12. The molecule has 4 rings (SSSR count). The summed E-state index contributed by atoms with van der Waals surface area (Å²) >= 11 is 0. The van der Waals surface area contributed by atoms with Gasteiger partial charge >= 0.3 is 0 Å². The standard InChI is InChI=1S/C18H23N3/c1-13-10-20-18(2,15-6-7-15)12-21(13)17-5-3-4-14-11-19-9-8-16(14)17/h3-5,8-9,11,13,15,20H,6-7,10,12H2,1-2H3. The summed E-state index contributed by atoms with van der Waals surface area (Å²) in [4.78, 5) is 6.85. The van der Waals surface area contributed by atoms with Crippen molar-refractivity contribution in [3.05, 3.63) is 36.7 Å². The Kier molecular flexibility index (Phi) is 2.93. The van der Waals surface area contributed by atoms with Gasteiger partial charge in [-0.2, -0.15) is 0 Å². The second-order valence-electron chi connectivity index (χ2n) is 6.92. The third-order valence-corrected chi connectivity index (χ3v) is 5.28. The summed E-state index contributed by atoms with van der Waals surface area (Å²) in [5.74, 6) is 0.851. The van der Waals surface area contributed by atoms with Gasteiger partial charge in [0, 0.05) is 53.5 Å². The van der Waals surface area contributed by atoms with Crippen LogP contribution >= 0.6 is 0 Å². The quantitative estimate of drug-likeness (QED) is 0.916. The van der Waals surface area contributed by atoms with Crippen LogP contribution in [0.4, 0.5) is 5.69 Å². The first-order valence-electron chi connectivity index (χ1n) is 8.02. The zero-order valence-electron chi connectivity index (χ0n) is 12.8. The van der Waals surface area contributed by atoms with Crippen molar-refractivity contribution in [1.82, 2.24) is 10.3 Å². The van der Waals surface area contributed by atoms with Crippen LogP contribution in [0.25, 0.3) is 10.8 Å². The van der Waals surface area contributed by atoms with Crippen molar-refractivity contribution in [2.75, 3.05) is 18.0 Å². The van der Waals surface area contributed by atoms with Crippen LogP contribution in [-0.4, -0.2) is 29.7 Å². The fraction of sp³-hybridized carbons (Fsp3) is 0.500. The average Bonchev–Trinajstić information content (AvgIpc) is 3.35. The zero-order valence-corrected chi connectivity index (χ0v) is 12.8. The summed E-state index contributed by atoms with van der Waals surface area (Å²) in [6.07, 6.45) is 6.63. The molecule has 0 bridgehead atoms. The number of aromatic nitrogens is 1. The van der Waals surface area contributed by atoms with Crippen molar-refractivity contribution >= 4 is 16.5 Å². The Morgan fingerprint density at radius 2 is 2.14 bits per heavy atom. The zero-order chi connectivity index (χ0) is 14.4. The van der Waals surface area contributed by atoms with Crippen molar-refractivity contribution in [2.24, 2.45) is 5.92 Å². The van der Waals surface area contributed by atoms with Crippen LogP contribution in [0.5, 0.6) is 0 Å². The van der Waals surface area contributed by atoms with Crippen LogP contribution < -0.4 is 10.2 Å². The predicted molar refractivity (Wildman–Crippen MR) is 87.7 cm³/mol. The van der Waals surface area contributed by atoms with Crippen molar-refractivity contribution in [3.63, 3.8) is 0 Å². The van der Waals surface area contributed by atoms with E-state index in [1.165, 1.54) is 29.3 Å². The van der Waals surface area contributed by atoms with E-state index in [-0.39, 0.29) is 5.54 Å². The number of benzene rings is 1. The second-order valence-corrected chi connectivity index (χ2v) is 6.92. The maximum atomic E-state index is 4.25. The molecule has 2 aromatic rings. The smallest absolute Gasteiger partial charge is 0.0450 e. The molecule has 1 N–H and O–H groups in total. The Morgan fingerprint density at radius 1 is 1.29 bits per heavy atom. The summed E-state index contributed by atoms with van der Waals surface area (Å²) in [5, 5.41) is 6.35. The van der Waals surface area contributed by atoms with Gasteiger partial charge in [0.05, 0.1) is 0 Å². The minimum absolute atomic E-state index is 0.266. The van der Waals surface area contributed by atoms with E-state index >= 15 is 0 Å². The van der Waals surface area contributed by atoms with E-state index < -0.39 is 0 Å². The van der Waals surface area contributed by atoms with Gasteiger partial charge < -0.3 is 10.2 Å². The van der Waals surface area contributed by atoms with Crippen LogP contribution in [0.2, 0.25) is 0 Å². The fourth-order valence-electron chi connectivity index (χ4n) is 3.73. The molecule has 2 aliphatic rings. The molecule has 1 saturated heterocycles. The highest BCUT2D eigenvalue weighted by Crippen LogP contribution is 2.42. The lowest BCUT2D eigenvalue weighted by Crippen LogP contribution is -2.63. The maximum Gasteiger partial charge on any atom is 0.0450 e. The van der Waals surface area contributed by atoms with Crippen LogP contribution in [0, 0.1) is 5.92 Å². The highest BCUT2D eigenvalue weighted by atomic mass is 15.3. The summed E-state index contributed by atoms with van der Waals surface area (Å²) in [5.41, 5.74) is 1.62. The van der Waals surface area contributed by atoms with Gasteiger partial charge in [-0.1, -0.05) is 12.1 Å². The number of fused-ring (bicyclic) bond motifs is 1. The molecule has 3 heteroatoms. The number of rotatable bonds is 2. The summed E-state index contributed by atoms with van der Waals surface area (Å²) in [6.45, 7) is 6.88. The maximum absolute atomic E-state index is 4.25. The third kappa shape index (κ3) is 2.20. The molecule has 110 valence electrons. The topological polar surface area (TPSA) is 28.2 Å². The molecule has 2 unspecified atom stereocenters. The van der Waals surface area contributed by atoms with E-state index in [1.807, 2.05) is 12.4 Å². The first-order valence-corrected chi connectivity index (χ1v) is 8.02. The molecular weight excluding hydrogens is 258 g/mol. The van der Waals surface area contributed by atoms with Crippen LogP contribution in [-0.2, 0) is 0 Å². The Morgan fingerprint density at radius 3 is 2.95 bits per heavy atom. The molecule has 1 aliphatic heterocycles. The molecule has 2 heterocycles. The van der Waals surface area contributed by atoms with Gasteiger partial charge in [0.25, 0.3) is 0 Å². The molecule has 2 fully saturated rings. The van der Waals surface area contributed by atoms with Gasteiger partial charge in [-0.15, -0.1) is 0 Å². The number of piperazine rings is 1. The first-order chi connectivity index (χ1) is 10.2. The van der Waals surface area contributed by atoms with Crippen LogP contribution in [0.3, 0.4) is 0 Å². The molecule has 3 nitrogen and oxygen atoms in total. The van der Waals surface area contributed by atoms with Crippen molar-refractivity contribution in [2.45, 2.75) is 38.3 Å². The largest absolute Gasteiger partial charge is 0.365 e. The number of anilines is 1. The van der Waals surface area contributed by atoms with Gasteiger partial charge in [-0.25, -0.2) is 0 Å². The molecule has 1 aliphatic carbocycles. The second kappa shape index (κ2) is 4.70. The molecule has 1 aromatic heterocycles. The highest BCUT2D eigenvalue weighted by Gasteiger charge is 2.45. The number of hydrogen-bond acceptors (Lipinski definition) is 3. The molecule has 1 saturated carbocycles. The normalized spacial score (nSPS) is 29.8.